The van der Waals surface area contributed by atoms with Gasteiger partial charge in [-0.15, -0.1) is 0 Å². The molecule has 6 heteroatoms. The highest BCUT2D eigenvalue weighted by Gasteiger charge is 2.28. The van der Waals surface area contributed by atoms with Gasteiger partial charge in [0.15, 0.2) is 5.96 Å². The van der Waals surface area contributed by atoms with Gasteiger partial charge in [-0.1, -0.05) is 37.3 Å². The lowest BCUT2D eigenvalue weighted by atomic mass is 10.2. The molecule has 0 radical (unpaired) electrons. The van der Waals surface area contributed by atoms with E-state index in [0.29, 0.717) is 32.2 Å². The Morgan fingerprint density at radius 1 is 1.20 bits per heavy atom. The summed E-state index contributed by atoms with van der Waals surface area (Å²) < 4.78 is 5.75. The zero-order chi connectivity index (χ0) is 17.9. The Morgan fingerprint density at radius 3 is 2.60 bits per heavy atom. The van der Waals surface area contributed by atoms with E-state index in [-0.39, 0.29) is 11.8 Å². The van der Waals surface area contributed by atoms with Crippen LogP contribution in [0.3, 0.4) is 0 Å². The van der Waals surface area contributed by atoms with Gasteiger partial charge in [-0.3, -0.25) is 9.79 Å². The van der Waals surface area contributed by atoms with Gasteiger partial charge in [0.2, 0.25) is 5.91 Å². The molecule has 2 rings (SSSR count). The zero-order valence-corrected chi connectivity index (χ0v) is 15.3. The zero-order valence-electron chi connectivity index (χ0n) is 15.3. The van der Waals surface area contributed by atoms with E-state index in [0.717, 1.165) is 25.3 Å². The Balaban J connectivity index is 1.52. The lowest BCUT2D eigenvalue weighted by molar-refractivity contribution is -0.122. The minimum atomic E-state index is 0.175. The fraction of sp³-hybridized carbons (Fsp3) is 0.579. The topological polar surface area (TPSA) is 74.8 Å². The fourth-order valence-corrected chi connectivity index (χ4v) is 2.36. The molecule has 6 nitrogen and oxygen atoms in total. The third kappa shape index (κ3) is 8.03. The number of nitrogens with one attached hydrogen (secondary N) is 3. The number of amides is 1. The van der Waals surface area contributed by atoms with Crippen LogP contribution in [-0.2, 0) is 16.1 Å². The molecule has 0 heterocycles. The van der Waals surface area contributed by atoms with Crippen molar-refractivity contribution in [3.63, 3.8) is 0 Å². The first kappa shape index (κ1) is 19.2. The first-order chi connectivity index (χ1) is 12.2. The van der Waals surface area contributed by atoms with Gasteiger partial charge in [0.1, 0.15) is 0 Å². The van der Waals surface area contributed by atoms with E-state index in [4.69, 9.17) is 4.74 Å². The number of carbonyl (C=O) groups is 1. The van der Waals surface area contributed by atoms with Gasteiger partial charge in [-0.25, -0.2) is 0 Å². The van der Waals surface area contributed by atoms with Crippen LogP contribution in [-0.4, -0.2) is 45.2 Å². The molecule has 0 spiro atoms. The highest BCUT2D eigenvalue weighted by atomic mass is 16.5. The summed E-state index contributed by atoms with van der Waals surface area (Å²) in [5.74, 6) is 1.55. The largest absolute Gasteiger partial charge is 0.376 e. The van der Waals surface area contributed by atoms with E-state index < -0.39 is 0 Å². The van der Waals surface area contributed by atoms with Crippen molar-refractivity contribution < 1.29 is 9.53 Å². The molecule has 0 aliphatic heterocycles. The van der Waals surface area contributed by atoms with Crippen LogP contribution in [0.5, 0.6) is 0 Å². The molecule has 1 aromatic carbocycles. The number of nitrogens with zero attached hydrogens (tertiary/aromatic N) is 1. The van der Waals surface area contributed by atoms with E-state index >= 15 is 0 Å². The Hall–Kier alpha value is -2.08. The maximum atomic E-state index is 11.5. The minimum Gasteiger partial charge on any atom is -0.376 e. The van der Waals surface area contributed by atoms with Crippen molar-refractivity contribution in [1.82, 2.24) is 16.0 Å². The van der Waals surface area contributed by atoms with Crippen molar-refractivity contribution in [2.45, 2.75) is 26.4 Å². The third-order valence-corrected chi connectivity index (χ3v) is 4.02. The van der Waals surface area contributed by atoms with Gasteiger partial charge in [-0.05, 0) is 24.3 Å². The predicted molar refractivity (Wildman–Crippen MR) is 100 cm³/mol. The van der Waals surface area contributed by atoms with Crippen molar-refractivity contribution in [3.05, 3.63) is 35.9 Å². The van der Waals surface area contributed by atoms with Gasteiger partial charge in [0.05, 0.1) is 13.2 Å². The molecule has 1 unspecified atom stereocenters. The first-order valence-electron chi connectivity index (χ1n) is 9.03. The molecule has 1 aromatic rings. The van der Waals surface area contributed by atoms with Gasteiger partial charge in [0.25, 0.3) is 0 Å². The molecule has 3 N–H and O–H groups in total. The standard InChI is InChI=1S/C19H30N4O2/c1-15(13-25-14-16-6-4-3-5-7-16)12-23-19(20-2)22-11-10-21-18(24)17-8-9-17/h3-7,15,17H,8-14H2,1-2H3,(H,21,24)(H2,20,22,23). The van der Waals surface area contributed by atoms with Gasteiger partial charge in [-0.2, -0.15) is 0 Å². The van der Waals surface area contributed by atoms with E-state index in [1.54, 1.807) is 7.05 Å². The van der Waals surface area contributed by atoms with Crippen LogP contribution in [0.4, 0.5) is 0 Å². The minimum absolute atomic E-state index is 0.175. The predicted octanol–water partition coefficient (Wildman–Crippen LogP) is 1.53. The lowest BCUT2D eigenvalue weighted by Gasteiger charge is -2.16. The molecule has 0 bridgehead atoms. The van der Waals surface area contributed by atoms with E-state index in [9.17, 15) is 4.79 Å². The second kappa shape index (κ2) is 10.7. The average Bonchev–Trinajstić information content (AvgIpc) is 3.47. The third-order valence-electron chi connectivity index (χ3n) is 4.02. The molecule has 1 fully saturated rings. The molecule has 1 aliphatic carbocycles. The van der Waals surface area contributed by atoms with Crippen molar-refractivity contribution >= 4 is 11.9 Å². The van der Waals surface area contributed by atoms with E-state index in [2.05, 4.69) is 40.0 Å². The summed E-state index contributed by atoms with van der Waals surface area (Å²) in [5.41, 5.74) is 1.19. The second-order valence-electron chi connectivity index (χ2n) is 6.55. The summed E-state index contributed by atoms with van der Waals surface area (Å²) >= 11 is 0. The molecule has 25 heavy (non-hydrogen) atoms. The highest BCUT2D eigenvalue weighted by molar-refractivity contribution is 5.81. The van der Waals surface area contributed by atoms with Crippen LogP contribution < -0.4 is 16.0 Å². The molecule has 1 saturated carbocycles. The normalized spacial score (nSPS) is 15.5. The smallest absolute Gasteiger partial charge is 0.223 e. The molecule has 0 saturated heterocycles. The Labute approximate surface area is 150 Å². The number of guanidine groups is 1. The summed E-state index contributed by atoms with van der Waals surface area (Å²) in [6.07, 6.45) is 2.07. The van der Waals surface area contributed by atoms with Crippen LogP contribution in [0.25, 0.3) is 0 Å². The lowest BCUT2D eigenvalue weighted by Crippen LogP contribution is -2.43. The average molecular weight is 346 g/mol. The molecule has 0 aromatic heterocycles. The van der Waals surface area contributed by atoms with Crippen molar-refractivity contribution in [2.24, 2.45) is 16.8 Å². The van der Waals surface area contributed by atoms with Crippen molar-refractivity contribution in [2.75, 3.05) is 33.3 Å². The summed E-state index contributed by atoms with van der Waals surface area (Å²) in [4.78, 5) is 15.7. The molecule has 1 amide bonds. The van der Waals surface area contributed by atoms with Crippen LogP contribution in [0, 0.1) is 11.8 Å². The van der Waals surface area contributed by atoms with Crippen molar-refractivity contribution in [1.29, 1.82) is 0 Å². The van der Waals surface area contributed by atoms with Crippen LogP contribution in [0.2, 0.25) is 0 Å². The number of ether oxygens (including phenoxy) is 1. The highest BCUT2D eigenvalue weighted by Crippen LogP contribution is 2.28. The van der Waals surface area contributed by atoms with E-state index in [1.807, 2.05) is 18.2 Å². The number of rotatable bonds is 10. The number of benzene rings is 1. The van der Waals surface area contributed by atoms with Gasteiger partial charge < -0.3 is 20.7 Å². The monoisotopic (exact) mass is 346 g/mol. The number of carbonyl (C=O) groups excluding carboxylic acids is 1. The fourth-order valence-electron chi connectivity index (χ4n) is 2.36. The maximum absolute atomic E-state index is 11.5. The molecule has 1 atom stereocenters. The van der Waals surface area contributed by atoms with Crippen LogP contribution >= 0.6 is 0 Å². The Morgan fingerprint density at radius 2 is 1.92 bits per heavy atom. The van der Waals surface area contributed by atoms with Gasteiger partial charge in [0, 0.05) is 32.6 Å². The molecular formula is C19H30N4O2. The Bertz CT molecular complexity index is 544. The van der Waals surface area contributed by atoms with E-state index in [1.165, 1.54) is 5.56 Å². The Kier molecular flexibility index (Phi) is 8.25. The quantitative estimate of drug-likeness (QED) is 0.341. The molecular weight excluding hydrogens is 316 g/mol. The summed E-state index contributed by atoms with van der Waals surface area (Å²) in [6, 6.07) is 10.2. The first-order valence-corrected chi connectivity index (χ1v) is 9.03. The number of aliphatic imine (C=N–C) groups is 1. The summed E-state index contributed by atoms with van der Waals surface area (Å²) in [5, 5.41) is 9.42. The van der Waals surface area contributed by atoms with Gasteiger partial charge >= 0.3 is 0 Å². The SMILES string of the molecule is CN=C(NCCNC(=O)C1CC1)NCC(C)COCc1ccccc1. The number of hydrogen-bond acceptors (Lipinski definition) is 3. The van der Waals surface area contributed by atoms with Crippen LogP contribution in [0.1, 0.15) is 25.3 Å². The molecule has 1 aliphatic rings. The summed E-state index contributed by atoms with van der Waals surface area (Å²) in [7, 11) is 1.74. The number of hydrogen-bond donors (Lipinski definition) is 3. The summed E-state index contributed by atoms with van der Waals surface area (Å²) in [6.45, 7) is 5.53. The van der Waals surface area contributed by atoms with Crippen molar-refractivity contribution in [3.8, 4) is 0 Å². The van der Waals surface area contributed by atoms with Crippen LogP contribution in [0.15, 0.2) is 35.3 Å². The maximum Gasteiger partial charge on any atom is 0.223 e. The second-order valence-corrected chi connectivity index (χ2v) is 6.55. The molecule has 138 valence electrons.